The molecule has 0 aliphatic carbocycles. The first-order valence-electron chi connectivity index (χ1n) is 9.07. The molecule has 0 radical (unpaired) electrons. The summed E-state index contributed by atoms with van der Waals surface area (Å²) in [6.45, 7) is 0.697. The van der Waals surface area contributed by atoms with Gasteiger partial charge in [-0.1, -0.05) is 0 Å². The Bertz CT molecular complexity index is 1390. The summed E-state index contributed by atoms with van der Waals surface area (Å²) in [5, 5.41) is 5.16. The number of aryl methyl sites for hydroxylation is 2. The van der Waals surface area contributed by atoms with Crippen molar-refractivity contribution in [3.8, 4) is 11.4 Å². The summed E-state index contributed by atoms with van der Waals surface area (Å²) in [6.07, 6.45) is 1.84. The molecule has 150 valence electrons. The third kappa shape index (κ3) is 2.57. The highest BCUT2D eigenvalue weighted by Gasteiger charge is 2.34. The summed E-state index contributed by atoms with van der Waals surface area (Å²) in [6, 6.07) is 5.43. The van der Waals surface area contributed by atoms with Crippen molar-refractivity contribution < 1.29 is 4.42 Å². The molecule has 8 nitrogen and oxygen atoms in total. The second kappa shape index (κ2) is 6.43. The molecule has 10 heteroatoms. The fraction of sp³-hybridized carbons (Fsp3) is 0.316. The fourth-order valence-electron chi connectivity index (χ4n) is 4.07. The van der Waals surface area contributed by atoms with Crippen molar-refractivity contribution in [1.82, 2.24) is 23.5 Å². The number of rotatable bonds is 2. The SMILES string of the molecule is Cn1ccc(-c2c3c(=O)n(C)c(=O)n(C)c3c3n2CCS[C@H]3c2ccc(Cl)o2)n1. The van der Waals surface area contributed by atoms with Gasteiger partial charge < -0.3 is 8.98 Å². The van der Waals surface area contributed by atoms with Crippen LogP contribution in [0.4, 0.5) is 0 Å². The van der Waals surface area contributed by atoms with Gasteiger partial charge in [-0.3, -0.25) is 18.6 Å². The number of hydrogen-bond acceptors (Lipinski definition) is 5. The van der Waals surface area contributed by atoms with Gasteiger partial charge in [0.05, 0.1) is 22.3 Å². The van der Waals surface area contributed by atoms with E-state index in [1.54, 1.807) is 34.1 Å². The number of thioether (sulfide) groups is 1. The van der Waals surface area contributed by atoms with E-state index in [1.807, 2.05) is 25.4 Å². The second-order valence-electron chi connectivity index (χ2n) is 7.08. The first-order chi connectivity index (χ1) is 13.9. The lowest BCUT2D eigenvalue weighted by molar-refractivity contribution is 0.511. The topological polar surface area (TPSA) is 79.9 Å². The van der Waals surface area contributed by atoms with Crippen LogP contribution in [0.25, 0.3) is 22.3 Å². The first-order valence-corrected chi connectivity index (χ1v) is 10.5. The molecule has 0 bridgehead atoms. The van der Waals surface area contributed by atoms with Crippen LogP contribution in [-0.2, 0) is 27.7 Å². The molecule has 0 saturated carbocycles. The molecule has 4 aromatic heterocycles. The minimum atomic E-state index is -0.365. The second-order valence-corrected chi connectivity index (χ2v) is 8.67. The Hall–Kier alpha value is -2.65. The quantitative estimate of drug-likeness (QED) is 0.487. The molecule has 1 aliphatic rings. The molecule has 5 rings (SSSR count). The van der Waals surface area contributed by atoms with Crippen LogP contribution in [0.2, 0.25) is 5.22 Å². The van der Waals surface area contributed by atoms with E-state index >= 15 is 0 Å². The van der Waals surface area contributed by atoms with Gasteiger partial charge in [0.15, 0.2) is 5.22 Å². The molecule has 29 heavy (non-hydrogen) atoms. The molecule has 1 atom stereocenters. The normalized spacial score (nSPS) is 16.5. The van der Waals surface area contributed by atoms with Crippen LogP contribution >= 0.6 is 23.4 Å². The van der Waals surface area contributed by atoms with Crippen molar-refractivity contribution in [1.29, 1.82) is 0 Å². The Balaban J connectivity index is 1.96. The van der Waals surface area contributed by atoms with Crippen molar-refractivity contribution in [3.05, 3.63) is 61.9 Å². The van der Waals surface area contributed by atoms with Crippen molar-refractivity contribution in [2.75, 3.05) is 5.75 Å². The van der Waals surface area contributed by atoms with Gasteiger partial charge >= 0.3 is 5.69 Å². The molecule has 5 heterocycles. The number of aromatic nitrogens is 5. The molecule has 0 N–H and O–H groups in total. The van der Waals surface area contributed by atoms with E-state index in [4.69, 9.17) is 16.0 Å². The van der Waals surface area contributed by atoms with E-state index in [0.717, 1.165) is 21.7 Å². The summed E-state index contributed by atoms with van der Waals surface area (Å²) in [5.74, 6) is 1.52. The molecule has 0 saturated heterocycles. The van der Waals surface area contributed by atoms with E-state index in [-0.39, 0.29) is 16.5 Å². The standard InChI is InChI=1S/C19H18ClN5O3S/c1-22-7-6-10(21-22)14-13-15(23(2)19(27)24(3)18(13)26)16-17(29-9-8-25(14)16)11-4-5-12(20)28-11/h4-7,17H,8-9H2,1-3H3/t17-/m0/s1. The zero-order valence-electron chi connectivity index (χ0n) is 16.0. The van der Waals surface area contributed by atoms with E-state index in [2.05, 4.69) is 9.67 Å². The van der Waals surface area contributed by atoms with E-state index in [9.17, 15) is 9.59 Å². The number of furan rings is 1. The Labute approximate surface area is 174 Å². The van der Waals surface area contributed by atoms with Gasteiger partial charge in [-0.2, -0.15) is 5.10 Å². The average molecular weight is 432 g/mol. The van der Waals surface area contributed by atoms with Crippen LogP contribution in [0.1, 0.15) is 16.7 Å². The van der Waals surface area contributed by atoms with Gasteiger partial charge in [-0.25, -0.2) is 4.79 Å². The number of halogens is 1. The van der Waals surface area contributed by atoms with Gasteiger partial charge in [-0.05, 0) is 29.8 Å². The summed E-state index contributed by atoms with van der Waals surface area (Å²) < 4.78 is 12.2. The maximum atomic E-state index is 13.2. The van der Waals surface area contributed by atoms with Crippen molar-refractivity contribution in [2.24, 2.45) is 21.1 Å². The fourth-order valence-corrected chi connectivity index (χ4v) is 5.44. The lowest BCUT2D eigenvalue weighted by Gasteiger charge is -2.24. The monoisotopic (exact) mass is 431 g/mol. The number of fused-ring (bicyclic) bond motifs is 3. The van der Waals surface area contributed by atoms with Crippen LogP contribution in [0.15, 0.2) is 38.4 Å². The first kappa shape index (κ1) is 18.4. The van der Waals surface area contributed by atoms with Gasteiger partial charge in [0.25, 0.3) is 5.56 Å². The highest BCUT2D eigenvalue weighted by atomic mass is 35.5. The van der Waals surface area contributed by atoms with Crippen molar-refractivity contribution in [3.63, 3.8) is 0 Å². The molecule has 0 unspecified atom stereocenters. The minimum Gasteiger partial charge on any atom is -0.448 e. The predicted octanol–water partition coefficient (Wildman–Crippen LogP) is 2.52. The number of nitrogens with zero attached hydrogens (tertiary/aromatic N) is 5. The number of hydrogen-bond donors (Lipinski definition) is 0. The molecule has 0 fully saturated rings. The molecule has 0 spiro atoms. The maximum absolute atomic E-state index is 13.2. The lowest BCUT2D eigenvalue weighted by atomic mass is 10.2. The van der Waals surface area contributed by atoms with Crippen LogP contribution in [0, 0.1) is 0 Å². The Morgan fingerprint density at radius 3 is 2.62 bits per heavy atom. The largest absolute Gasteiger partial charge is 0.448 e. The summed E-state index contributed by atoms with van der Waals surface area (Å²) >= 11 is 7.73. The van der Waals surface area contributed by atoms with Crippen LogP contribution in [-0.4, -0.2) is 29.2 Å². The smallest absolute Gasteiger partial charge is 0.331 e. The zero-order valence-corrected chi connectivity index (χ0v) is 17.6. The summed E-state index contributed by atoms with van der Waals surface area (Å²) in [7, 11) is 5.03. The molecular formula is C19H18ClN5O3S. The molecule has 0 aromatic carbocycles. The van der Waals surface area contributed by atoms with Crippen LogP contribution < -0.4 is 11.2 Å². The Kier molecular flexibility index (Phi) is 4.08. The van der Waals surface area contributed by atoms with E-state index in [1.165, 1.54) is 7.05 Å². The summed E-state index contributed by atoms with van der Waals surface area (Å²) in [4.78, 5) is 25.9. The van der Waals surface area contributed by atoms with Gasteiger partial charge in [0, 0.05) is 39.6 Å². The van der Waals surface area contributed by atoms with E-state index in [0.29, 0.717) is 34.1 Å². The Morgan fingerprint density at radius 1 is 1.17 bits per heavy atom. The lowest BCUT2D eigenvalue weighted by Crippen LogP contribution is -2.37. The predicted molar refractivity (Wildman–Crippen MR) is 113 cm³/mol. The average Bonchev–Trinajstić information content (AvgIpc) is 3.41. The highest BCUT2D eigenvalue weighted by molar-refractivity contribution is 7.99. The third-order valence-corrected chi connectivity index (χ3v) is 6.77. The van der Waals surface area contributed by atoms with Crippen LogP contribution in [0.5, 0.6) is 0 Å². The molecular weight excluding hydrogens is 414 g/mol. The van der Waals surface area contributed by atoms with E-state index < -0.39 is 0 Å². The maximum Gasteiger partial charge on any atom is 0.331 e. The Morgan fingerprint density at radius 2 is 1.97 bits per heavy atom. The summed E-state index contributed by atoms with van der Waals surface area (Å²) in [5.41, 5.74) is 2.21. The molecule has 1 aliphatic heterocycles. The van der Waals surface area contributed by atoms with Gasteiger partial charge in [-0.15, -0.1) is 11.8 Å². The van der Waals surface area contributed by atoms with Crippen molar-refractivity contribution in [2.45, 2.75) is 11.8 Å². The zero-order chi connectivity index (χ0) is 20.4. The van der Waals surface area contributed by atoms with Crippen LogP contribution in [0.3, 0.4) is 0 Å². The van der Waals surface area contributed by atoms with Gasteiger partial charge in [0.2, 0.25) is 0 Å². The molecule has 0 amide bonds. The third-order valence-electron chi connectivity index (χ3n) is 5.36. The minimum absolute atomic E-state index is 0.186. The van der Waals surface area contributed by atoms with Gasteiger partial charge in [0.1, 0.15) is 16.7 Å². The molecule has 4 aromatic rings. The highest BCUT2D eigenvalue weighted by Crippen LogP contribution is 2.46. The van der Waals surface area contributed by atoms with Crippen molar-refractivity contribution >= 4 is 34.3 Å².